The molecule has 24 heavy (non-hydrogen) atoms. The van der Waals surface area contributed by atoms with Crippen molar-refractivity contribution in [2.75, 3.05) is 11.9 Å². The molecule has 1 amide bonds. The Hall–Kier alpha value is -1.91. The first kappa shape index (κ1) is 16.9. The van der Waals surface area contributed by atoms with Crippen LogP contribution in [0.25, 0.3) is 0 Å². The zero-order valence-electron chi connectivity index (χ0n) is 13.6. The second-order valence-electron chi connectivity index (χ2n) is 6.20. The van der Waals surface area contributed by atoms with E-state index in [1.54, 1.807) is 12.1 Å². The largest absolute Gasteiger partial charge is 0.325 e. The van der Waals surface area contributed by atoms with Gasteiger partial charge < -0.3 is 5.32 Å². The molecular formula is C19H20ClFN2O. The number of halogens is 2. The first-order chi connectivity index (χ1) is 11.5. The number of hydrogen-bond donors (Lipinski definition) is 1. The van der Waals surface area contributed by atoms with Gasteiger partial charge in [-0.1, -0.05) is 35.9 Å². The van der Waals surface area contributed by atoms with E-state index >= 15 is 0 Å². The highest BCUT2D eigenvalue weighted by molar-refractivity contribution is 6.31. The van der Waals surface area contributed by atoms with E-state index in [9.17, 15) is 9.18 Å². The Labute approximate surface area is 146 Å². The standard InChI is InChI=1S/C19H20ClFN2O/c1-13-5-2-3-8-18(13)22-19(24)12-23(14-9-10-14)11-15-16(20)6-4-7-17(15)21/h2-8,14H,9-12H2,1H3,(H,22,24). The Balaban J connectivity index is 1.68. The van der Waals surface area contributed by atoms with Gasteiger partial charge in [-0.25, -0.2) is 4.39 Å². The molecule has 1 fully saturated rings. The van der Waals surface area contributed by atoms with Crippen LogP contribution >= 0.6 is 11.6 Å². The lowest BCUT2D eigenvalue weighted by molar-refractivity contribution is -0.117. The van der Waals surface area contributed by atoms with Crippen LogP contribution < -0.4 is 5.32 Å². The monoisotopic (exact) mass is 346 g/mol. The Morgan fingerprint density at radius 1 is 1.25 bits per heavy atom. The van der Waals surface area contributed by atoms with Gasteiger partial charge in [-0.05, 0) is 43.5 Å². The van der Waals surface area contributed by atoms with Gasteiger partial charge >= 0.3 is 0 Å². The number of aryl methyl sites for hydroxylation is 1. The van der Waals surface area contributed by atoms with Crippen molar-refractivity contribution in [3.05, 3.63) is 64.4 Å². The van der Waals surface area contributed by atoms with Crippen LogP contribution in [0.1, 0.15) is 24.0 Å². The molecule has 1 aliphatic rings. The van der Waals surface area contributed by atoms with Crippen molar-refractivity contribution in [2.24, 2.45) is 0 Å². The minimum Gasteiger partial charge on any atom is -0.325 e. The van der Waals surface area contributed by atoms with Gasteiger partial charge in [-0.2, -0.15) is 0 Å². The maximum atomic E-state index is 14.0. The molecule has 0 atom stereocenters. The molecule has 1 saturated carbocycles. The summed E-state index contributed by atoms with van der Waals surface area (Å²) in [4.78, 5) is 14.4. The van der Waals surface area contributed by atoms with Crippen molar-refractivity contribution in [2.45, 2.75) is 32.4 Å². The number of para-hydroxylation sites is 1. The molecule has 0 bridgehead atoms. The maximum Gasteiger partial charge on any atom is 0.238 e. The fourth-order valence-corrected chi connectivity index (χ4v) is 2.95. The van der Waals surface area contributed by atoms with Crippen LogP contribution in [0.3, 0.4) is 0 Å². The van der Waals surface area contributed by atoms with E-state index in [1.165, 1.54) is 6.07 Å². The summed E-state index contributed by atoms with van der Waals surface area (Å²) >= 11 is 6.12. The van der Waals surface area contributed by atoms with E-state index in [0.29, 0.717) is 23.2 Å². The van der Waals surface area contributed by atoms with E-state index in [0.717, 1.165) is 24.1 Å². The number of hydrogen-bond acceptors (Lipinski definition) is 2. The fourth-order valence-electron chi connectivity index (χ4n) is 2.73. The number of carbonyl (C=O) groups is 1. The molecule has 1 aliphatic carbocycles. The minimum absolute atomic E-state index is 0.0938. The van der Waals surface area contributed by atoms with Crippen LogP contribution in [-0.4, -0.2) is 23.4 Å². The van der Waals surface area contributed by atoms with Gasteiger partial charge in [0.15, 0.2) is 0 Å². The highest BCUT2D eigenvalue weighted by Crippen LogP contribution is 2.30. The molecule has 3 rings (SSSR count). The lowest BCUT2D eigenvalue weighted by Gasteiger charge is -2.22. The number of nitrogens with zero attached hydrogens (tertiary/aromatic N) is 1. The summed E-state index contributed by atoms with van der Waals surface area (Å²) in [5.41, 5.74) is 2.28. The lowest BCUT2D eigenvalue weighted by atomic mass is 10.2. The molecule has 0 aliphatic heterocycles. The van der Waals surface area contributed by atoms with Crippen molar-refractivity contribution < 1.29 is 9.18 Å². The molecule has 2 aromatic rings. The Morgan fingerprint density at radius 2 is 2.00 bits per heavy atom. The van der Waals surface area contributed by atoms with Crippen LogP contribution in [0, 0.1) is 12.7 Å². The summed E-state index contributed by atoms with van der Waals surface area (Å²) in [5, 5.41) is 3.33. The van der Waals surface area contributed by atoms with Crippen molar-refractivity contribution in [3.63, 3.8) is 0 Å². The fraction of sp³-hybridized carbons (Fsp3) is 0.316. The normalized spacial score (nSPS) is 14.0. The SMILES string of the molecule is Cc1ccccc1NC(=O)CN(Cc1c(F)cccc1Cl)C1CC1. The smallest absolute Gasteiger partial charge is 0.238 e. The number of carbonyl (C=O) groups excluding carboxylic acids is 1. The summed E-state index contributed by atoms with van der Waals surface area (Å²) in [5.74, 6) is -0.420. The zero-order chi connectivity index (χ0) is 17.1. The van der Waals surface area contributed by atoms with Crippen molar-refractivity contribution >= 4 is 23.2 Å². The van der Waals surface area contributed by atoms with Gasteiger partial charge in [0.2, 0.25) is 5.91 Å². The number of amides is 1. The summed E-state index contributed by atoms with van der Waals surface area (Å²) in [6.07, 6.45) is 2.06. The first-order valence-electron chi connectivity index (χ1n) is 8.07. The molecule has 0 radical (unpaired) electrons. The predicted octanol–water partition coefficient (Wildman–Crippen LogP) is 4.39. The average molecular weight is 347 g/mol. The molecule has 3 nitrogen and oxygen atoms in total. The third kappa shape index (κ3) is 4.13. The first-order valence-corrected chi connectivity index (χ1v) is 8.45. The highest BCUT2D eigenvalue weighted by atomic mass is 35.5. The average Bonchev–Trinajstić information content (AvgIpc) is 3.37. The summed E-state index contributed by atoms with van der Waals surface area (Å²) < 4.78 is 14.0. The van der Waals surface area contributed by atoms with Crippen molar-refractivity contribution in [3.8, 4) is 0 Å². The van der Waals surface area contributed by atoms with Gasteiger partial charge in [0.25, 0.3) is 0 Å². The van der Waals surface area contributed by atoms with Gasteiger partial charge in [-0.15, -0.1) is 0 Å². The highest BCUT2D eigenvalue weighted by Gasteiger charge is 2.31. The van der Waals surface area contributed by atoms with Crippen LogP contribution in [0.15, 0.2) is 42.5 Å². The van der Waals surface area contributed by atoms with Crippen molar-refractivity contribution in [1.29, 1.82) is 0 Å². The second kappa shape index (κ2) is 7.32. The molecule has 2 aromatic carbocycles. The van der Waals surface area contributed by atoms with Crippen LogP contribution in [0.4, 0.5) is 10.1 Å². The predicted molar refractivity (Wildman–Crippen MR) is 94.7 cm³/mol. The quantitative estimate of drug-likeness (QED) is 0.841. The van der Waals surface area contributed by atoms with E-state index in [2.05, 4.69) is 5.32 Å². The number of nitrogens with one attached hydrogen (secondary N) is 1. The molecule has 0 aromatic heterocycles. The Bertz CT molecular complexity index is 726. The van der Waals surface area contributed by atoms with E-state index < -0.39 is 0 Å². The van der Waals surface area contributed by atoms with E-state index in [4.69, 9.17) is 11.6 Å². The Morgan fingerprint density at radius 3 is 2.67 bits per heavy atom. The lowest BCUT2D eigenvalue weighted by Crippen LogP contribution is -2.35. The van der Waals surface area contributed by atoms with Crippen LogP contribution in [-0.2, 0) is 11.3 Å². The number of anilines is 1. The summed E-state index contributed by atoms with van der Waals surface area (Å²) in [6.45, 7) is 2.52. The van der Waals surface area contributed by atoms with Gasteiger partial charge in [0.1, 0.15) is 5.82 Å². The summed E-state index contributed by atoms with van der Waals surface area (Å²) in [6, 6.07) is 12.6. The third-order valence-corrected chi connectivity index (χ3v) is 4.61. The number of rotatable bonds is 6. The Kier molecular flexibility index (Phi) is 5.17. The molecule has 0 heterocycles. The molecule has 5 heteroatoms. The topological polar surface area (TPSA) is 32.3 Å². The van der Waals surface area contributed by atoms with Gasteiger partial charge in [-0.3, -0.25) is 9.69 Å². The minimum atomic E-state index is -0.326. The van der Waals surface area contributed by atoms with Gasteiger partial charge in [0.05, 0.1) is 6.54 Å². The molecule has 1 N–H and O–H groups in total. The molecule has 0 saturated heterocycles. The van der Waals surface area contributed by atoms with Gasteiger partial charge in [0, 0.05) is 28.9 Å². The summed E-state index contributed by atoms with van der Waals surface area (Å²) in [7, 11) is 0. The molecule has 0 spiro atoms. The second-order valence-corrected chi connectivity index (χ2v) is 6.61. The maximum absolute atomic E-state index is 14.0. The van der Waals surface area contributed by atoms with Crippen molar-refractivity contribution in [1.82, 2.24) is 4.90 Å². The molecule has 126 valence electrons. The molecular weight excluding hydrogens is 327 g/mol. The van der Waals surface area contributed by atoms with E-state index in [1.807, 2.05) is 36.1 Å². The number of benzene rings is 2. The van der Waals surface area contributed by atoms with Crippen LogP contribution in [0.5, 0.6) is 0 Å². The molecule has 0 unspecified atom stereocenters. The van der Waals surface area contributed by atoms with Crippen LogP contribution in [0.2, 0.25) is 5.02 Å². The third-order valence-electron chi connectivity index (χ3n) is 4.25. The van der Waals surface area contributed by atoms with E-state index in [-0.39, 0.29) is 18.3 Å². The zero-order valence-corrected chi connectivity index (χ0v) is 14.3.